The van der Waals surface area contributed by atoms with Gasteiger partial charge in [0.2, 0.25) is 5.91 Å². The molecule has 1 heterocycles. The van der Waals surface area contributed by atoms with Gasteiger partial charge in [-0.15, -0.1) is 0 Å². The number of fused-ring (bicyclic) bond motifs is 1. The Hall–Kier alpha value is -2.04. The number of carbonyl (C=O) groups is 2. The number of nitrogens with one attached hydrogen (secondary N) is 1. The molecule has 1 aromatic carbocycles. The van der Waals surface area contributed by atoms with E-state index in [0.29, 0.717) is 17.9 Å². The van der Waals surface area contributed by atoms with Crippen LogP contribution >= 0.6 is 0 Å². The average Bonchev–Trinajstić information content (AvgIpc) is 2.92. The molecule has 2 aliphatic rings. The Balaban J connectivity index is 1.71. The van der Waals surface area contributed by atoms with Crippen LogP contribution in [0.5, 0.6) is 0 Å². The molecule has 2 fully saturated rings. The molecule has 0 unspecified atom stereocenters. The minimum atomic E-state index is -0.0307. The van der Waals surface area contributed by atoms with E-state index in [1.165, 1.54) is 26.2 Å². The van der Waals surface area contributed by atoms with Gasteiger partial charge in [0.25, 0.3) is 0 Å². The van der Waals surface area contributed by atoms with Crippen molar-refractivity contribution in [3.05, 3.63) is 24.3 Å². The van der Waals surface area contributed by atoms with E-state index in [1.807, 2.05) is 29.2 Å². The second-order valence-electron chi connectivity index (χ2n) is 7.20. The van der Waals surface area contributed by atoms with Crippen LogP contribution < -0.4 is 10.2 Å². The Bertz CT molecular complexity index is 631. The van der Waals surface area contributed by atoms with Crippen molar-refractivity contribution in [3.63, 3.8) is 0 Å². The molecule has 3 amide bonds. The predicted octanol–water partition coefficient (Wildman–Crippen LogP) is 3.71. The number of anilines is 2. The Morgan fingerprint density at radius 3 is 2.75 bits per heavy atom. The first kappa shape index (κ1) is 16.8. The summed E-state index contributed by atoms with van der Waals surface area (Å²) >= 11 is 0. The second kappa shape index (κ2) is 6.83. The standard InChI is InChI=1S/C19H27N3O2/c1-13-12-22(18-10-5-4-9-17(13)18)19(24)20-15-7-6-8-16(11-15)21(3)14(2)23/h6-8,11,13,17-18H,4-5,9-10,12H2,1-3H3,(H,20,24)/t13-,17-,18+/m0/s1. The molecule has 1 saturated heterocycles. The maximum absolute atomic E-state index is 12.8. The van der Waals surface area contributed by atoms with Gasteiger partial charge in [0, 0.05) is 37.9 Å². The fraction of sp³-hybridized carbons (Fsp3) is 0.579. The van der Waals surface area contributed by atoms with Gasteiger partial charge in [-0.1, -0.05) is 25.8 Å². The highest BCUT2D eigenvalue weighted by atomic mass is 16.2. The van der Waals surface area contributed by atoms with Crippen LogP contribution in [0.2, 0.25) is 0 Å². The lowest BCUT2D eigenvalue weighted by Crippen LogP contribution is -2.41. The molecule has 130 valence electrons. The molecule has 1 saturated carbocycles. The van der Waals surface area contributed by atoms with E-state index in [2.05, 4.69) is 12.2 Å². The molecule has 1 aromatic rings. The zero-order valence-corrected chi connectivity index (χ0v) is 14.8. The number of amides is 3. The summed E-state index contributed by atoms with van der Waals surface area (Å²) in [5, 5.41) is 3.02. The van der Waals surface area contributed by atoms with Crippen LogP contribution in [-0.4, -0.2) is 36.5 Å². The molecule has 1 N–H and O–H groups in total. The number of hydrogen-bond donors (Lipinski definition) is 1. The zero-order chi connectivity index (χ0) is 17.3. The first-order valence-corrected chi connectivity index (χ1v) is 8.89. The van der Waals surface area contributed by atoms with Crippen molar-refractivity contribution in [2.45, 2.75) is 45.6 Å². The monoisotopic (exact) mass is 329 g/mol. The Kier molecular flexibility index (Phi) is 4.78. The maximum atomic E-state index is 12.8. The quantitative estimate of drug-likeness (QED) is 0.899. The van der Waals surface area contributed by atoms with Crippen LogP contribution in [0.3, 0.4) is 0 Å². The maximum Gasteiger partial charge on any atom is 0.322 e. The van der Waals surface area contributed by atoms with Gasteiger partial charge in [-0.2, -0.15) is 0 Å². The molecule has 24 heavy (non-hydrogen) atoms. The molecule has 3 rings (SSSR count). The van der Waals surface area contributed by atoms with E-state index in [0.717, 1.165) is 24.3 Å². The van der Waals surface area contributed by atoms with Gasteiger partial charge in [0.1, 0.15) is 0 Å². The number of benzene rings is 1. The van der Waals surface area contributed by atoms with Crippen LogP contribution in [0.1, 0.15) is 39.5 Å². The third kappa shape index (κ3) is 3.25. The van der Waals surface area contributed by atoms with Crippen molar-refractivity contribution in [1.29, 1.82) is 0 Å². The van der Waals surface area contributed by atoms with Gasteiger partial charge in [-0.25, -0.2) is 4.79 Å². The van der Waals surface area contributed by atoms with Crippen molar-refractivity contribution < 1.29 is 9.59 Å². The van der Waals surface area contributed by atoms with E-state index < -0.39 is 0 Å². The minimum absolute atomic E-state index is 0.0149. The number of carbonyl (C=O) groups excluding carboxylic acids is 2. The van der Waals surface area contributed by atoms with Crippen molar-refractivity contribution in [2.75, 3.05) is 23.8 Å². The molecular weight excluding hydrogens is 302 g/mol. The van der Waals surface area contributed by atoms with Crippen molar-refractivity contribution in [3.8, 4) is 0 Å². The third-order valence-corrected chi connectivity index (χ3v) is 5.62. The predicted molar refractivity (Wildman–Crippen MR) is 96.2 cm³/mol. The summed E-state index contributed by atoms with van der Waals surface area (Å²) in [6.45, 7) is 4.63. The van der Waals surface area contributed by atoms with Crippen molar-refractivity contribution >= 4 is 23.3 Å². The van der Waals surface area contributed by atoms with Crippen LogP contribution in [0.25, 0.3) is 0 Å². The van der Waals surface area contributed by atoms with Gasteiger partial charge in [0.05, 0.1) is 0 Å². The lowest BCUT2D eigenvalue weighted by atomic mass is 9.80. The van der Waals surface area contributed by atoms with E-state index in [1.54, 1.807) is 11.9 Å². The SMILES string of the molecule is CC(=O)N(C)c1cccc(NC(=O)N2C[C@H](C)[C@@H]3CCCC[C@H]32)c1. The van der Waals surface area contributed by atoms with Gasteiger partial charge >= 0.3 is 6.03 Å². The summed E-state index contributed by atoms with van der Waals surface area (Å²) in [5.41, 5.74) is 1.52. The van der Waals surface area contributed by atoms with Crippen LogP contribution in [0.4, 0.5) is 16.2 Å². The number of hydrogen-bond acceptors (Lipinski definition) is 2. The fourth-order valence-electron chi connectivity index (χ4n) is 4.17. The van der Waals surface area contributed by atoms with E-state index in [-0.39, 0.29) is 11.9 Å². The van der Waals surface area contributed by atoms with Gasteiger partial charge in [-0.3, -0.25) is 4.79 Å². The van der Waals surface area contributed by atoms with Crippen LogP contribution in [0.15, 0.2) is 24.3 Å². The molecule has 1 aliphatic heterocycles. The molecule has 0 radical (unpaired) electrons. The van der Waals surface area contributed by atoms with E-state index >= 15 is 0 Å². The zero-order valence-electron chi connectivity index (χ0n) is 14.8. The summed E-state index contributed by atoms with van der Waals surface area (Å²) in [6.07, 6.45) is 4.88. The molecule has 5 nitrogen and oxygen atoms in total. The van der Waals surface area contributed by atoms with Gasteiger partial charge in [0.15, 0.2) is 0 Å². The topological polar surface area (TPSA) is 52.7 Å². The Morgan fingerprint density at radius 2 is 2.00 bits per heavy atom. The summed E-state index contributed by atoms with van der Waals surface area (Å²) < 4.78 is 0. The average molecular weight is 329 g/mol. The molecule has 0 bridgehead atoms. The lowest BCUT2D eigenvalue weighted by Gasteiger charge is -2.32. The molecule has 0 aromatic heterocycles. The molecule has 1 aliphatic carbocycles. The molecular formula is C19H27N3O2. The van der Waals surface area contributed by atoms with Gasteiger partial charge in [-0.05, 0) is 42.9 Å². The Morgan fingerprint density at radius 1 is 1.25 bits per heavy atom. The Labute approximate surface area is 144 Å². The highest BCUT2D eigenvalue weighted by molar-refractivity contribution is 5.93. The molecule has 3 atom stereocenters. The van der Waals surface area contributed by atoms with E-state index in [4.69, 9.17) is 0 Å². The number of nitrogens with zero attached hydrogens (tertiary/aromatic N) is 2. The highest BCUT2D eigenvalue weighted by Gasteiger charge is 2.42. The number of rotatable bonds is 2. The van der Waals surface area contributed by atoms with E-state index in [9.17, 15) is 9.59 Å². The van der Waals surface area contributed by atoms with Crippen molar-refractivity contribution in [2.24, 2.45) is 11.8 Å². The second-order valence-corrected chi connectivity index (χ2v) is 7.20. The largest absolute Gasteiger partial charge is 0.322 e. The number of likely N-dealkylation sites (tertiary alicyclic amines) is 1. The first-order valence-electron chi connectivity index (χ1n) is 8.89. The van der Waals surface area contributed by atoms with Gasteiger partial charge < -0.3 is 15.1 Å². The minimum Gasteiger partial charge on any atom is -0.321 e. The summed E-state index contributed by atoms with van der Waals surface area (Å²) in [5.74, 6) is 1.20. The highest BCUT2D eigenvalue weighted by Crippen LogP contribution is 2.39. The molecule has 5 heteroatoms. The fourth-order valence-corrected chi connectivity index (χ4v) is 4.17. The number of urea groups is 1. The third-order valence-electron chi connectivity index (χ3n) is 5.62. The molecule has 0 spiro atoms. The van der Waals surface area contributed by atoms with Crippen LogP contribution in [-0.2, 0) is 4.79 Å². The summed E-state index contributed by atoms with van der Waals surface area (Å²) in [7, 11) is 1.73. The normalized spacial score (nSPS) is 26.0. The smallest absolute Gasteiger partial charge is 0.321 e. The van der Waals surface area contributed by atoms with Crippen molar-refractivity contribution in [1.82, 2.24) is 4.90 Å². The van der Waals surface area contributed by atoms with Crippen LogP contribution in [0, 0.1) is 11.8 Å². The lowest BCUT2D eigenvalue weighted by molar-refractivity contribution is -0.116. The summed E-state index contributed by atoms with van der Waals surface area (Å²) in [4.78, 5) is 27.9. The summed E-state index contributed by atoms with van der Waals surface area (Å²) in [6, 6.07) is 7.81. The first-order chi connectivity index (χ1) is 11.5.